The molecule has 0 unspecified atom stereocenters. The van der Waals surface area contributed by atoms with Gasteiger partial charge in [-0.2, -0.15) is 0 Å². The highest BCUT2D eigenvalue weighted by atomic mass is 16.7. The van der Waals surface area contributed by atoms with Crippen LogP contribution in [-0.2, 0) is 9.47 Å². The van der Waals surface area contributed by atoms with E-state index in [0.717, 1.165) is 32.0 Å². The molecule has 1 spiro atoms. The van der Waals surface area contributed by atoms with Gasteiger partial charge in [0.25, 0.3) is 0 Å². The highest BCUT2D eigenvalue weighted by Crippen LogP contribution is 2.40. The van der Waals surface area contributed by atoms with E-state index in [1.165, 1.54) is 32.1 Å². The third-order valence-electron chi connectivity index (χ3n) is 3.55. The van der Waals surface area contributed by atoms with Gasteiger partial charge in [-0.1, -0.05) is 32.6 Å². The summed E-state index contributed by atoms with van der Waals surface area (Å²) in [6, 6.07) is 0. The molecule has 1 atom stereocenters. The van der Waals surface area contributed by atoms with Gasteiger partial charge >= 0.3 is 0 Å². The highest BCUT2D eigenvalue weighted by Gasteiger charge is 2.40. The minimum Gasteiger partial charge on any atom is -0.348 e. The summed E-state index contributed by atoms with van der Waals surface area (Å²) in [5, 5.41) is 0. The van der Waals surface area contributed by atoms with Crippen molar-refractivity contribution in [3.63, 3.8) is 0 Å². The van der Waals surface area contributed by atoms with Crippen LogP contribution in [0.25, 0.3) is 0 Å². The van der Waals surface area contributed by atoms with Gasteiger partial charge in [-0.15, -0.1) is 0 Å². The van der Waals surface area contributed by atoms with Crippen LogP contribution in [0.3, 0.4) is 0 Å². The van der Waals surface area contributed by atoms with Crippen LogP contribution in [0.2, 0.25) is 0 Å². The first-order chi connectivity index (χ1) is 6.85. The molecule has 1 saturated carbocycles. The maximum Gasteiger partial charge on any atom is 0.168 e. The normalized spacial score (nSPS) is 31.1. The fourth-order valence-electron chi connectivity index (χ4n) is 2.80. The lowest BCUT2D eigenvalue weighted by molar-refractivity contribution is -0.187. The highest BCUT2D eigenvalue weighted by molar-refractivity contribution is 4.83. The molecule has 0 radical (unpaired) electrons. The van der Waals surface area contributed by atoms with Crippen LogP contribution >= 0.6 is 0 Å². The van der Waals surface area contributed by atoms with Crippen LogP contribution < -0.4 is 0 Å². The van der Waals surface area contributed by atoms with Gasteiger partial charge in [0.15, 0.2) is 5.79 Å². The minimum atomic E-state index is -0.156. The van der Waals surface area contributed by atoms with Crippen LogP contribution in [0.1, 0.15) is 51.9 Å². The monoisotopic (exact) mass is 198 g/mol. The Morgan fingerprint density at radius 1 is 1.29 bits per heavy atom. The Morgan fingerprint density at radius 2 is 2.07 bits per heavy atom. The summed E-state index contributed by atoms with van der Waals surface area (Å²) in [5.74, 6) is 0.693. The Hall–Kier alpha value is -0.0800. The molecular weight excluding hydrogens is 176 g/mol. The number of hydrogen-bond acceptors (Lipinski definition) is 2. The summed E-state index contributed by atoms with van der Waals surface area (Å²) in [6.07, 6.45) is 8.97. The van der Waals surface area contributed by atoms with Gasteiger partial charge in [-0.25, -0.2) is 0 Å². The second-order valence-electron chi connectivity index (χ2n) is 4.71. The first-order valence-corrected chi connectivity index (χ1v) is 6.12. The first-order valence-electron chi connectivity index (χ1n) is 6.12. The molecule has 0 aromatic carbocycles. The van der Waals surface area contributed by atoms with Crippen molar-refractivity contribution in [3.05, 3.63) is 0 Å². The fraction of sp³-hybridized carbons (Fsp3) is 1.00. The predicted molar refractivity (Wildman–Crippen MR) is 56.1 cm³/mol. The van der Waals surface area contributed by atoms with Gasteiger partial charge in [-0.05, 0) is 12.3 Å². The van der Waals surface area contributed by atoms with Crippen LogP contribution in [0, 0.1) is 5.92 Å². The lowest BCUT2D eigenvalue weighted by atomic mass is 9.82. The van der Waals surface area contributed by atoms with Gasteiger partial charge in [-0.3, -0.25) is 0 Å². The van der Waals surface area contributed by atoms with E-state index in [2.05, 4.69) is 6.92 Å². The van der Waals surface area contributed by atoms with E-state index in [9.17, 15) is 0 Å². The fourth-order valence-corrected chi connectivity index (χ4v) is 2.80. The van der Waals surface area contributed by atoms with Crippen molar-refractivity contribution in [2.75, 3.05) is 13.2 Å². The summed E-state index contributed by atoms with van der Waals surface area (Å²) < 4.78 is 11.5. The molecule has 1 aliphatic carbocycles. The predicted octanol–water partition coefficient (Wildman–Crippen LogP) is 3.11. The maximum absolute atomic E-state index is 5.77. The van der Waals surface area contributed by atoms with E-state index >= 15 is 0 Å². The Morgan fingerprint density at radius 3 is 2.79 bits per heavy atom. The quantitative estimate of drug-likeness (QED) is 0.693. The van der Waals surface area contributed by atoms with Crippen LogP contribution in [0.15, 0.2) is 0 Å². The Balaban J connectivity index is 1.83. The molecule has 82 valence electrons. The molecule has 1 heterocycles. The Bertz CT molecular complexity index is 173. The molecule has 2 heteroatoms. The van der Waals surface area contributed by atoms with Crippen molar-refractivity contribution in [2.45, 2.75) is 57.7 Å². The van der Waals surface area contributed by atoms with E-state index in [-0.39, 0.29) is 5.79 Å². The van der Waals surface area contributed by atoms with E-state index in [0.29, 0.717) is 0 Å². The smallest absolute Gasteiger partial charge is 0.168 e. The standard InChI is InChI=1S/C12H22O2/c1-2-3-5-11-6-4-7-12(10-11)13-8-9-14-12/h11H,2-10H2,1H3/t11-/m0/s1. The van der Waals surface area contributed by atoms with Crippen molar-refractivity contribution < 1.29 is 9.47 Å². The van der Waals surface area contributed by atoms with Gasteiger partial charge < -0.3 is 9.47 Å². The minimum absolute atomic E-state index is 0.156. The SMILES string of the molecule is CCCC[C@H]1CCCC2(C1)OCCO2. The molecular formula is C12H22O2. The topological polar surface area (TPSA) is 18.5 Å². The zero-order valence-electron chi connectivity index (χ0n) is 9.26. The summed E-state index contributed by atoms with van der Waals surface area (Å²) in [5.41, 5.74) is 0. The van der Waals surface area contributed by atoms with Crippen LogP contribution in [0.5, 0.6) is 0 Å². The third kappa shape index (κ3) is 2.29. The molecule has 2 fully saturated rings. The summed E-state index contributed by atoms with van der Waals surface area (Å²) in [4.78, 5) is 0. The maximum atomic E-state index is 5.77. The molecule has 14 heavy (non-hydrogen) atoms. The zero-order valence-corrected chi connectivity index (χ0v) is 9.26. The number of ether oxygens (including phenoxy) is 2. The van der Waals surface area contributed by atoms with E-state index in [4.69, 9.17) is 9.47 Å². The van der Waals surface area contributed by atoms with Crippen LogP contribution in [0.4, 0.5) is 0 Å². The molecule has 2 rings (SSSR count). The van der Waals surface area contributed by atoms with Gasteiger partial charge in [0.2, 0.25) is 0 Å². The van der Waals surface area contributed by atoms with Crippen molar-refractivity contribution >= 4 is 0 Å². The molecule has 0 N–H and O–H groups in total. The van der Waals surface area contributed by atoms with Gasteiger partial charge in [0, 0.05) is 12.8 Å². The van der Waals surface area contributed by atoms with Gasteiger partial charge in [0.05, 0.1) is 13.2 Å². The zero-order chi connectivity index (χ0) is 9.86. The first kappa shape index (κ1) is 10.4. The molecule has 0 bridgehead atoms. The van der Waals surface area contributed by atoms with E-state index < -0.39 is 0 Å². The van der Waals surface area contributed by atoms with Crippen LogP contribution in [-0.4, -0.2) is 19.0 Å². The molecule has 1 aliphatic heterocycles. The second-order valence-corrected chi connectivity index (χ2v) is 4.71. The lowest BCUT2D eigenvalue weighted by Gasteiger charge is -2.36. The molecule has 0 amide bonds. The second kappa shape index (κ2) is 4.63. The molecule has 0 aromatic rings. The van der Waals surface area contributed by atoms with Crippen molar-refractivity contribution in [1.29, 1.82) is 0 Å². The third-order valence-corrected chi connectivity index (χ3v) is 3.55. The summed E-state index contributed by atoms with van der Waals surface area (Å²) in [7, 11) is 0. The average molecular weight is 198 g/mol. The molecule has 2 nitrogen and oxygen atoms in total. The molecule has 0 aromatic heterocycles. The van der Waals surface area contributed by atoms with E-state index in [1.54, 1.807) is 0 Å². The average Bonchev–Trinajstić information content (AvgIpc) is 2.63. The summed E-state index contributed by atoms with van der Waals surface area (Å²) in [6.45, 7) is 3.88. The van der Waals surface area contributed by atoms with Crippen molar-refractivity contribution in [3.8, 4) is 0 Å². The van der Waals surface area contributed by atoms with Crippen molar-refractivity contribution in [2.24, 2.45) is 5.92 Å². The Kier molecular flexibility index (Phi) is 3.45. The summed E-state index contributed by atoms with van der Waals surface area (Å²) >= 11 is 0. The number of rotatable bonds is 3. The molecule has 2 aliphatic rings. The van der Waals surface area contributed by atoms with E-state index in [1.807, 2.05) is 0 Å². The van der Waals surface area contributed by atoms with Crippen molar-refractivity contribution in [1.82, 2.24) is 0 Å². The molecule has 1 saturated heterocycles. The Labute approximate surface area is 87.0 Å². The number of hydrogen-bond donors (Lipinski definition) is 0. The lowest BCUT2D eigenvalue weighted by Crippen LogP contribution is -2.36. The number of unbranched alkanes of at least 4 members (excludes halogenated alkanes) is 1. The largest absolute Gasteiger partial charge is 0.348 e. The van der Waals surface area contributed by atoms with Gasteiger partial charge in [0.1, 0.15) is 0 Å².